The normalized spacial score (nSPS) is 14.2. The van der Waals surface area contributed by atoms with Gasteiger partial charge >= 0.3 is 0 Å². The fraction of sp³-hybridized carbons (Fsp3) is 0.364. The van der Waals surface area contributed by atoms with Gasteiger partial charge in [-0.25, -0.2) is 8.42 Å². The van der Waals surface area contributed by atoms with E-state index < -0.39 is 15.7 Å². The number of nitrogens with zero attached hydrogens (tertiary/aromatic N) is 2. The van der Waals surface area contributed by atoms with Crippen molar-refractivity contribution in [2.24, 2.45) is 0 Å². The van der Waals surface area contributed by atoms with E-state index in [1.54, 1.807) is 19.1 Å². The number of likely N-dealkylation sites (N-methyl/N-ethyl adjacent to an activating group) is 1. The molecule has 2 aromatic carbocycles. The number of hydrogen-bond acceptors (Lipinski definition) is 6. The molecule has 3 rings (SSSR count). The van der Waals surface area contributed by atoms with Crippen molar-refractivity contribution in [1.29, 1.82) is 0 Å². The molecule has 1 saturated heterocycles. The van der Waals surface area contributed by atoms with Gasteiger partial charge in [-0.15, -0.1) is 0 Å². The fourth-order valence-electron chi connectivity index (χ4n) is 3.42. The molecule has 1 fully saturated rings. The quantitative estimate of drug-likeness (QED) is 0.701. The monoisotopic (exact) mass is 445 g/mol. The molecule has 0 radical (unpaired) electrons. The maximum atomic E-state index is 12.9. The van der Waals surface area contributed by atoms with Gasteiger partial charge in [0.1, 0.15) is 6.54 Å². The Hall–Kier alpha value is -2.91. The number of sulfone groups is 1. The Kier molecular flexibility index (Phi) is 7.29. The van der Waals surface area contributed by atoms with Gasteiger partial charge in [-0.3, -0.25) is 9.59 Å². The van der Waals surface area contributed by atoms with Crippen LogP contribution in [0.25, 0.3) is 0 Å². The van der Waals surface area contributed by atoms with Crippen molar-refractivity contribution in [2.45, 2.75) is 11.8 Å². The molecule has 2 aromatic rings. The van der Waals surface area contributed by atoms with Crippen LogP contribution in [-0.4, -0.2) is 70.8 Å². The summed E-state index contributed by atoms with van der Waals surface area (Å²) in [7, 11) is -3.57. The Labute approximate surface area is 182 Å². The molecule has 166 valence electrons. The van der Waals surface area contributed by atoms with Gasteiger partial charge in [0.2, 0.25) is 5.91 Å². The molecule has 1 aliphatic heterocycles. The lowest BCUT2D eigenvalue weighted by Crippen LogP contribution is -2.38. The zero-order chi connectivity index (χ0) is 22.4. The summed E-state index contributed by atoms with van der Waals surface area (Å²) < 4.78 is 29.4. The summed E-state index contributed by atoms with van der Waals surface area (Å²) in [5.41, 5.74) is 1.75. The summed E-state index contributed by atoms with van der Waals surface area (Å²) in [5.74, 6) is -0.854. The molecular formula is C22H27N3O5S. The Morgan fingerprint density at radius 3 is 2.32 bits per heavy atom. The van der Waals surface area contributed by atoms with Gasteiger partial charge in [-0.2, -0.15) is 0 Å². The minimum atomic E-state index is -3.57. The predicted molar refractivity (Wildman–Crippen MR) is 119 cm³/mol. The number of hydrogen-bond donors (Lipinski definition) is 1. The van der Waals surface area contributed by atoms with Crippen molar-refractivity contribution in [3.8, 4) is 0 Å². The molecule has 1 heterocycles. The van der Waals surface area contributed by atoms with Gasteiger partial charge < -0.3 is 19.9 Å². The highest BCUT2D eigenvalue weighted by molar-refractivity contribution is 7.90. The smallest absolute Gasteiger partial charge is 0.255 e. The van der Waals surface area contributed by atoms with E-state index in [1.165, 1.54) is 17.0 Å². The third kappa shape index (κ3) is 5.83. The third-order valence-corrected chi connectivity index (χ3v) is 6.20. The molecule has 0 atom stereocenters. The zero-order valence-electron chi connectivity index (χ0n) is 17.7. The van der Waals surface area contributed by atoms with Crippen LogP contribution in [0, 0.1) is 0 Å². The SMILES string of the molecule is CCN(CC(=O)Nc1ccc(N2CCOCC2)cc1)C(=O)c1ccccc1S(C)(=O)=O. The first-order valence-electron chi connectivity index (χ1n) is 10.1. The van der Waals surface area contributed by atoms with Gasteiger partial charge in [-0.05, 0) is 43.3 Å². The van der Waals surface area contributed by atoms with Crippen LogP contribution in [0.15, 0.2) is 53.4 Å². The van der Waals surface area contributed by atoms with E-state index in [0.717, 1.165) is 25.0 Å². The highest BCUT2D eigenvalue weighted by atomic mass is 32.2. The number of ether oxygens (including phenoxy) is 1. The molecule has 0 bridgehead atoms. The predicted octanol–water partition coefficient (Wildman–Crippen LogP) is 2.03. The van der Waals surface area contributed by atoms with E-state index in [9.17, 15) is 18.0 Å². The summed E-state index contributed by atoms with van der Waals surface area (Å²) >= 11 is 0. The summed E-state index contributed by atoms with van der Waals surface area (Å²) in [6.07, 6.45) is 1.06. The number of nitrogens with one attached hydrogen (secondary N) is 1. The Morgan fingerprint density at radius 2 is 1.71 bits per heavy atom. The fourth-order valence-corrected chi connectivity index (χ4v) is 4.30. The molecule has 0 saturated carbocycles. The highest BCUT2D eigenvalue weighted by Crippen LogP contribution is 2.20. The number of amides is 2. The Morgan fingerprint density at radius 1 is 1.06 bits per heavy atom. The lowest BCUT2D eigenvalue weighted by atomic mass is 10.2. The minimum Gasteiger partial charge on any atom is -0.378 e. The summed E-state index contributed by atoms with van der Waals surface area (Å²) in [5, 5.41) is 2.79. The average Bonchev–Trinajstić information content (AvgIpc) is 2.77. The highest BCUT2D eigenvalue weighted by Gasteiger charge is 2.23. The van der Waals surface area contributed by atoms with Gasteiger partial charge in [0.25, 0.3) is 5.91 Å². The van der Waals surface area contributed by atoms with Gasteiger partial charge in [-0.1, -0.05) is 12.1 Å². The van der Waals surface area contributed by atoms with Crippen LogP contribution in [0.2, 0.25) is 0 Å². The van der Waals surface area contributed by atoms with Crippen LogP contribution in [-0.2, 0) is 19.4 Å². The van der Waals surface area contributed by atoms with Crippen molar-refractivity contribution in [1.82, 2.24) is 4.90 Å². The number of benzene rings is 2. The molecule has 1 aliphatic rings. The maximum Gasteiger partial charge on any atom is 0.255 e. The largest absolute Gasteiger partial charge is 0.378 e. The lowest BCUT2D eigenvalue weighted by Gasteiger charge is -2.29. The summed E-state index contributed by atoms with van der Waals surface area (Å²) in [4.78, 5) is 28.9. The lowest BCUT2D eigenvalue weighted by molar-refractivity contribution is -0.116. The molecular weight excluding hydrogens is 418 g/mol. The van der Waals surface area contributed by atoms with Crippen LogP contribution in [0.4, 0.5) is 11.4 Å². The van der Waals surface area contributed by atoms with Crippen molar-refractivity contribution < 1.29 is 22.7 Å². The molecule has 0 aliphatic carbocycles. The Bertz CT molecular complexity index is 1030. The van der Waals surface area contributed by atoms with Crippen molar-refractivity contribution >= 4 is 33.0 Å². The van der Waals surface area contributed by atoms with Crippen LogP contribution < -0.4 is 10.2 Å². The standard InChI is InChI=1S/C22H27N3O5S/c1-3-24(22(27)19-6-4-5-7-20(19)31(2,28)29)16-21(26)23-17-8-10-18(11-9-17)25-12-14-30-15-13-25/h4-11H,3,12-16H2,1-2H3,(H,23,26). The first-order chi connectivity index (χ1) is 14.8. The second-order valence-electron chi connectivity index (χ2n) is 7.28. The van der Waals surface area contributed by atoms with E-state index >= 15 is 0 Å². The van der Waals surface area contributed by atoms with Crippen LogP contribution in [0.1, 0.15) is 17.3 Å². The molecule has 1 N–H and O–H groups in total. The number of carbonyl (C=O) groups is 2. The first kappa shape index (κ1) is 22.8. The molecule has 0 spiro atoms. The molecule has 8 nitrogen and oxygen atoms in total. The average molecular weight is 446 g/mol. The molecule has 9 heteroatoms. The number of anilines is 2. The van der Waals surface area contributed by atoms with E-state index in [-0.39, 0.29) is 29.5 Å². The second-order valence-corrected chi connectivity index (χ2v) is 9.27. The van der Waals surface area contributed by atoms with Gasteiger partial charge in [0.15, 0.2) is 9.84 Å². The van der Waals surface area contributed by atoms with Gasteiger partial charge in [0.05, 0.1) is 23.7 Å². The van der Waals surface area contributed by atoms with E-state index in [2.05, 4.69) is 10.2 Å². The third-order valence-electron chi connectivity index (χ3n) is 5.05. The molecule has 31 heavy (non-hydrogen) atoms. The van der Waals surface area contributed by atoms with Gasteiger partial charge in [0, 0.05) is 37.3 Å². The van der Waals surface area contributed by atoms with E-state index in [0.29, 0.717) is 18.9 Å². The number of rotatable bonds is 7. The minimum absolute atomic E-state index is 0.0439. The van der Waals surface area contributed by atoms with E-state index in [4.69, 9.17) is 4.74 Å². The Balaban J connectivity index is 1.66. The maximum absolute atomic E-state index is 12.9. The van der Waals surface area contributed by atoms with E-state index in [1.807, 2.05) is 24.3 Å². The zero-order valence-corrected chi connectivity index (χ0v) is 18.5. The molecule has 0 unspecified atom stereocenters. The second kappa shape index (κ2) is 9.93. The first-order valence-corrected chi connectivity index (χ1v) is 12.0. The van der Waals surface area contributed by atoms with Crippen LogP contribution in [0.5, 0.6) is 0 Å². The topological polar surface area (TPSA) is 96.0 Å². The summed E-state index contributed by atoms with van der Waals surface area (Å²) in [6, 6.07) is 13.5. The van der Waals surface area contributed by atoms with Crippen LogP contribution in [0.3, 0.4) is 0 Å². The van der Waals surface area contributed by atoms with Crippen molar-refractivity contribution in [2.75, 3.05) is 55.9 Å². The summed E-state index contributed by atoms with van der Waals surface area (Å²) in [6.45, 7) is 4.87. The van der Waals surface area contributed by atoms with Crippen molar-refractivity contribution in [3.05, 3.63) is 54.1 Å². The molecule has 0 aromatic heterocycles. The van der Waals surface area contributed by atoms with Crippen LogP contribution >= 0.6 is 0 Å². The molecule has 2 amide bonds. The van der Waals surface area contributed by atoms with Crippen molar-refractivity contribution in [3.63, 3.8) is 0 Å². The number of morpholine rings is 1. The number of carbonyl (C=O) groups excluding carboxylic acids is 2.